The van der Waals surface area contributed by atoms with Crippen molar-refractivity contribution >= 4 is 23.2 Å². The fourth-order valence-electron chi connectivity index (χ4n) is 1.60. The van der Waals surface area contributed by atoms with Crippen LogP contribution in [0.15, 0.2) is 36.5 Å². The Morgan fingerprint density at radius 3 is 2.53 bits per heavy atom. The fourth-order valence-corrected chi connectivity index (χ4v) is 2.28. The number of aromatic nitrogens is 1. The molecule has 0 spiro atoms. The highest BCUT2D eigenvalue weighted by atomic mass is 32.1. The molecule has 2 aromatic rings. The highest BCUT2D eigenvalue weighted by Crippen LogP contribution is 2.16. The number of nitrogens with one attached hydrogen (secondary N) is 1. The van der Waals surface area contributed by atoms with E-state index >= 15 is 0 Å². The molecule has 1 heterocycles. The summed E-state index contributed by atoms with van der Waals surface area (Å²) < 4.78 is 0. The van der Waals surface area contributed by atoms with E-state index < -0.39 is 17.9 Å². The van der Waals surface area contributed by atoms with Gasteiger partial charge >= 0.3 is 5.97 Å². The molecule has 0 fully saturated rings. The Kier molecular flexibility index (Phi) is 3.91. The summed E-state index contributed by atoms with van der Waals surface area (Å²) in [5.41, 5.74) is 0.532. The minimum Gasteiger partial charge on any atom is -0.479 e. The van der Waals surface area contributed by atoms with Crippen LogP contribution in [0.1, 0.15) is 26.3 Å². The van der Waals surface area contributed by atoms with Gasteiger partial charge in [0.05, 0.1) is 11.2 Å². The zero-order chi connectivity index (χ0) is 13.8. The van der Waals surface area contributed by atoms with Crippen LogP contribution in [0.3, 0.4) is 0 Å². The van der Waals surface area contributed by atoms with Crippen molar-refractivity contribution in [1.29, 1.82) is 0 Å². The number of carboxylic acid groups (broad SMARTS) is 1. The molecule has 1 amide bonds. The third kappa shape index (κ3) is 3.17. The van der Waals surface area contributed by atoms with E-state index in [4.69, 9.17) is 0 Å². The maximum atomic E-state index is 11.9. The van der Waals surface area contributed by atoms with Gasteiger partial charge in [0.25, 0.3) is 5.91 Å². The van der Waals surface area contributed by atoms with E-state index in [1.807, 2.05) is 0 Å². The number of rotatable bonds is 4. The van der Waals surface area contributed by atoms with Crippen LogP contribution in [0.2, 0.25) is 0 Å². The molecular weight excluding hydrogens is 264 g/mol. The molecule has 0 aliphatic heterocycles. The van der Waals surface area contributed by atoms with Crippen LogP contribution in [0.4, 0.5) is 0 Å². The summed E-state index contributed by atoms with van der Waals surface area (Å²) in [6.07, 6.45) is 1.44. The first-order valence-corrected chi connectivity index (χ1v) is 6.40. The predicted molar refractivity (Wildman–Crippen MR) is 71.1 cm³/mol. The number of aryl methyl sites for hydroxylation is 1. The van der Waals surface area contributed by atoms with Gasteiger partial charge in [-0.25, -0.2) is 9.78 Å². The summed E-state index contributed by atoms with van der Waals surface area (Å²) in [7, 11) is 0. The lowest BCUT2D eigenvalue weighted by atomic mass is 10.1. The van der Waals surface area contributed by atoms with Crippen molar-refractivity contribution in [2.75, 3.05) is 0 Å². The normalized spacial score (nSPS) is 11.8. The number of aliphatic carboxylic acids is 1. The highest BCUT2D eigenvalue weighted by Gasteiger charge is 2.23. The molecule has 1 aromatic heterocycles. The van der Waals surface area contributed by atoms with Gasteiger partial charge < -0.3 is 10.4 Å². The van der Waals surface area contributed by atoms with Gasteiger partial charge in [-0.05, 0) is 12.5 Å². The zero-order valence-corrected chi connectivity index (χ0v) is 11.0. The second kappa shape index (κ2) is 5.62. The van der Waals surface area contributed by atoms with Gasteiger partial charge in [0.1, 0.15) is 4.88 Å². The molecule has 0 aliphatic rings. The van der Waals surface area contributed by atoms with Gasteiger partial charge in [-0.1, -0.05) is 30.3 Å². The van der Waals surface area contributed by atoms with Crippen molar-refractivity contribution in [3.8, 4) is 0 Å². The van der Waals surface area contributed by atoms with Crippen LogP contribution in [-0.4, -0.2) is 22.0 Å². The Morgan fingerprint density at radius 1 is 1.32 bits per heavy atom. The van der Waals surface area contributed by atoms with Gasteiger partial charge in [0.15, 0.2) is 6.04 Å². The van der Waals surface area contributed by atoms with Crippen LogP contribution in [0.5, 0.6) is 0 Å². The van der Waals surface area contributed by atoms with Gasteiger partial charge in [0, 0.05) is 0 Å². The van der Waals surface area contributed by atoms with E-state index in [2.05, 4.69) is 10.3 Å². The fraction of sp³-hybridized carbons (Fsp3) is 0.154. The van der Waals surface area contributed by atoms with E-state index in [1.54, 1.807) is 37.3 Å². The topological polar surface area (TPSA) is 79.3 Å². The number of nitrogens with zero attached hydrogens (tertiary/aromatic N) is 1. The maximum Gasteiger partial charge on any atom is 0.330 e. The number of hydrogen-bond donors (Lipinski definition) is 2. The first-order chi connectivity index (χ1) is 9.08. The molecule has 98 valence electrons. The number of amides is 1. The molecule has 0 bridgehead atoms. The maximum absolute atomic E-state index is 11.9. The molecule has 6 heteroatoms. The number of carboxylic acids is 1. The molecule has 0 saturated carbocycles. The van der Waals surface area contributed by atoms with Gasteiger partial charge in [-0.2, -0.15) is 0 Å². The van der Waals surface area contributed by atoms with Crippen LogP contribution in [0.25, 0.3) is 0 Å². The SMILES string of the molecule is Cc1ncc(C(=O)N[C@H](C(=O)O)c2ccccc2)s1. The Morgan fingerprint density at radius 2 is 2.00 bits per heavy atom. The third-order valence-electron chi connectivity index (χ3n) is 2.50. The quantitative estimate of drug-likeness (QED) is 0.895. The van der Waals surface area contributed by atoms with E-state index in [1.165, 1.54) is 17.5 Å². The summed E-state index contributed by atoms with van der Waals surface area (Å²) in [5.74, 6) is -1.53. The molecular formula is C13H12N2O3S. The van der Waals surface area contributed by atoms with Crippen LogP contribution < -0.4 is 5.32 Å². The molecule has 2 rings (SSSR count). The van der Waals surface area contributed by atoms with Crippen molar-refractivity contribution in [2.45, 2.75) is 13.0 Å². The second-order valence-corrected chi connectivity index (χ2v) is 5.13. The number of carbonyl (C=O) groups is 2. The van der Waals surface area contributed by atoms with Crippen LogP contribution in [0, 0.1) is 6.92 Å². The Hall–Kier alpha value is -2.21. The number of hydrogen-bond acceptors (Lipinski definition) is 4. The summed E-state index contributed by atoms with van der Waals surface area (Å²) in [6.45, 7) is 1.79. The standard InChI is InChI=1S/C13H12N2O3S/c1-8-14-7-10(19-8)12(16)15-11(13(17)18)9-5-3-2-4-6-9/h2-7,11H,1H3,(H,15,16)(H,17,18)/t11-/m0/s1. The van der Waals surface area contributed by atoms with E-state index in [-0.39, 0.29) is 0 Å². The Balaban J connectivity index is 2.18. The number of thiazole rings is 1. The van der Waals surface area contributed by atoms with E-state index in [0.717, 1.165) is 5.01 Å². The molecule has 1 aromatic carbocycles. The summed E-state index contributed by atoms with van der Waals surface area (Å²) in [6, 6.07) is 7.52. The lowest BCUT2D eigenvalue weighted by Gasteiger charge is -2.13. The van der Waals surface area contributed by atoms with Crippen molar-refractivity contribution in [3.05, 3.63) is 52.0 Å². The van der Waals surface area contributed by atoms with Gasteiger partial charge in [0.2, 0.25) is 0 Å². The lowest BCUT2D eigenvalue weighted by Crippen LogP contribution is -2.33. The zero-order valence-electron chi connectivity index (χ0n) is 10.2. The smallest absolute Gasteiger partial charge is 0.330 e. The largest absolute Gasteiger partial charge is 0.479 e. The second-order valence-electron chi connectivity index (χ2n) is 3.90. The van der Waals surface area contributed by atoms with E-state index in [0.29, 0.717) is 10.4 Å². The molecule has 0 aliphatic carbocycles. The van der Waals surface area contributed by atoms with Gasteiger partial charge in [-0.3, -0.25) is 4.79 Å². The predicted octanol–water partition coefficient (Wildman–Crippen LogP) is 2.01. The molecule has 2 N–H and O–H groups in total. The number of carbonyl (C=O) groups excluding carboxylic acids is 1. The summed E-state index contributed by atoms with van der Waals surface area (Å²) in [4.78, 5) is 27.6. The average molecular weight is 276 g/mol. The van der Waals surface area contributed by atoms with Crippen molar-refractivity contribution in [2.24, 2.45) is 0 Å². The number of benzene rings is 1. The molecule has 0 unspecified atom stereocenters. The third-order valence-corrected chi connectivity index (χ3v) is 3.41. The van der Waals surface area contributed by atoms with Crippen molar-refractivity contribution in [1.82, 2.24) is 10.3 Å². The van der Waals surface area contributed by atoms with Gasteiger partial charge in [-0.15, -0.1) is 11.3 Å². The monoisotopic (exact) mass is 276 g/mol. The highest BCUT2D eigenvalue weighted by molar-refractivity contribution is 7.13. The van der Waals surface area contributed by atoms with Crippen LogP contribution >= 0.6 is 11.3 Å². The lowest BCUT2D eigenvalue weighted by molar-refractivity contribution is -0.139. The molecule has 0 radical (unpaired) electrons. The molecule has 19 heavy (non-hydrogen) atoms. The van der Waals surface area contributed by atoms with Crippen molar-refractivity contribution < 1.29 is 14.7 Å². The molecule has 5 nitrogen and oxygen atoms in total. The summed E-state index contributed by atoms with van der Waals surface area (Å²) >= 11 is 1.23. The van der Waals surface area contributed by atoms with Crippen LogP contribution in [-0.2, 0) is 4.79 Å². The van der Waals surface area contributed by atoms with Crippen molar-refractivity contribution in [3.63, 3.8) is 0 Å². The Labute approximate surface area is 113 Å². The minimum atomic E-state index is -1.10. The summed E-state index contributed by atoms with van der Waals surface area (Å²) in [5, 5.41) is 12.5. The first-order valence-electron chi connectivity index (χ1n) is 5.59. The minimum absolute atomic E-state index is 0.402. The average Bonchev–Trinajstić information content (AvgIpc) is 2.83. The molecule has 0 saturated heterocycles. The first kappa shape index (κ1) is 13.2. The molecule has 1 atom stereocenters. The Bertz CT molecular complexity index is 595. The van der Waals surface area contributed by atoms with E-state index in [9.17, 15) is 14.7 Å².